The van der Waals surface area contributed by atoms with E-state index in [1.54, 1.807) is 18.8 Å². The Balaban J connectivity index is 1.72. The number of likely N-dealkylation sites (N-methyl/N-ethyl adjacent to an activating group) is 1. The molecule has 1 saturated heterocycles. The molecule has 2 aliphatic rings. The maximum Gasteiger partial charge on any atom is 0.325 e. The van der Waals surface area contributed by atoms with Gasteiger partial charge in [0.2, 0.25) is 0 Å². The molecule has 2 aliphatic heterocycles. The third kappa shape index (κ3) is 3.71. The van der Waals surface area contributed by atoms with Crippen molar-refractivity contribution in [3.8, 4) is 0 Å². The quantitative estimate of drug-likeness (QED) is 0.791. The molecule has 2 heterocycles. The molecule has 1 fully saturated rings. The van der Waals surface area contributed by atoms with Crippen LogP contribution in [0.2, 0.25) is 0 Å². The van der Waals surface area contributed by atoms with E-state index in [9.17, 15) is 9.59 Å². The van der Waals surface area contributed by atoms with Crippen molar-refractivity contribution < 1.29 is 9.59 Å². The van der Waals surface area contributed by atoms with E-state index in [1.807, 2.05) is 29.2 Å². The Morgan fingerprint density at radius 2 is 2.08 bits per heavy atom. The number of thioether (sulfide) groups is 1. The summed E-state index contributed by atoms with van der Waals surface area (Å²) < 4.78 is 0. The number of hydrogen-bond donors (Lipinski definition) is 1. The number of nitrogens with zero attached hydrogens (tertiary/aromatic N) is 3. The second-order valence-electron chi connectivity index (χ2n) is 6.06. The van der Waals surface area contributed by atoms with Crippen molar-refractivity contribution in [2.24, 2.45) is 4.99 Å². The number of benzene rings is 1. The largest absolute Gasteiger partial charge is 0.336 e. The standard InChI is InChI=1S/C18H22N4O2S/c1-3-12-25-18-19-15-14(16(23)20-17(24)21(15)2)22(18)11-7-10-13-8-5-4-6-9-13/h3-6,8-9,14-15H,1,7,10-12H2,2H3,(H,20,23,24). The van der Waals surface area contributed by atoms with Crippen molar-refractivity contribution in [1.82, 2.24) is 15.1 Å². The maximum absolute atomic E-state index is 12.4. The SMILES string of the molecule is C=CCSC1=NC2C(C(=O)NC(=O)N2C)N1CCCc1ccccc1. The number of aryl methyl sites for hydroxylation is 1. The van der Waals surface area contributed by atoms with Crippen LogP contribution in [0.3, 0.4) is 0 Å². The molecule has 132 valence electrons. The Bertz CT molecular complexity index is 692. The maximum atomic E-state index is 12.4. The number of imide groups is 1. The number of aliphatic imine (C=N–C) groups is 1. The van der Waals surface area contributed by atoms with E-state index in [0.29, 0.717) is 12.3 Å². The topological polar surface area (TPSA) is 65.0 Å². The molecule has 1 aromatic rings. The van der Waals surface area contributed by atoms with Crippen LogP contribution < -0.4 is 5.32 Å². The fourth-order valence-corrected chi connectivity index (χ4v) is 3.91. The number of carbonyl (C=O) groups is 2. The van der Waals surface area contributed by atoms with Gasteiger partial charge in [0.25, 0.3) is 5.91 Å². The van der Waals surface area contributed by atoms with Gasteiger partial charge in [-0.05, 0) is 18.4 Å². The zero-order chi connectivity index (χ0) is 17.8. The Labute approximate surface area is 152 Å². The summed E-state index contributed by atoms with van der Waals surface area (Å²) in [5.41, 5.74) is 1.27. The predicted molar refractivity (Wildman–Crippen MR) is 100 cm³/mol. The lowest BCUT2D eigenvalue weighted by molar-refractivity contribution is -0.127. The predicted octanol–water partition coefficient (Wildman–Crippen LogP) is 2.09. The molecule has 2 atom stereocenters. The Morgan fingerprint density at radius 3 is 2.80 bits per heavy atom. The molecule has 2 unspecified atom stereocenters. The second kappa shape index (κ2) is 7.74. The monoisotopic (exact) mass is 358 g/mol. The summed E-state index contributed by atoms with van der Waals surface area (Å²) in [7, 11) is 1.67. The van der Waals surface area contributed by atoms with E-state index in [0.717, 1.165) is 18.0 Å². The lowest BCUT2D eigenvalue weighted by Gasteiger charge is -2.36. The first kappa shape index (κ1) is 17.5. The summed E-state index contributed by atoms with van der Waals surface area (Å²) in [5, 5.41) is 3.22. The number of amidine groups is 1. The van der Waals surface area contributed by atoms with Crippen LogP contribution in [-0.2, 0) is 11.2 Å². The molecule has 0 radical (unpaired) electrons. The van der Waals surface area contributed by atoms with Crippen LogP contribution in [0.5, 0.6) is 0 Å². The summed E-state index contributed by atoms with van der Waals surface area (Å²) in [6.45, 7) is 4.46. The Kier molecular flexibility index (Phi) is 5.43. The molecule has 25 heavy (non-hydrogen) atoms. The molecular weight excluding hydrogens is 336 g/mol. The van der Waals surface area contributed by atoms with E-state index < -0.39 is 18.2 Å². The van der Waals surface area contributed by atoms with Gasteiger partial charge in [-0.3, -0.25) is 10.1 Å². The molecule has 0 aliphatic carbocycles. The summed E-state index contributed by atoms with van der Waals surface area (Å²) in [6.07, 6.45) is 3.20. The number of urea groups is 1. The first-order valence-electron chi connectivity index (χ1n) is 8.31. The Hall–Kier alpha value is -2.28. The van der Waals surface area contributed by atoms with Gasteiger partial charge in [-0.25, -0.2) is 9.79 Å². The van der Waals surface area contributed by atoms with Gasteiger partial charge in [-0.2, -0.15) is 0 Å². The molecule has 0 bridgehead atoms. The van der Waals surface area contributed by atoms with Crippen LogP contribution in [0.1, 0.15) is 12.0 Å². The summed E-state index contributed by atoms with van der Waals surface area (Å²) in [4.78, 5) is 32.4. The van der Waals surface area contributed by atoms with Gasteiger partial charge in [-0.15, -0.1) is 6.58 Å². The molecular formula is C18H22N4O2S. The third-order valence-corrected chi connectivity index (χ3v) is 5.36. The molecule has 6 nitrogen and oxygen atoms in total. The number of nitrogens with one attached hydrogen (secondary N) is 1. The fraction of sp³-hybridized carbons (Fsp3) is 0.389. The van der Waals surface area contributed by atoms with E-state index in [4.69, 9.17) is 0 Å². The van der Waals surface area contributed by atoms with Crippen molar-refractivity contribution in [1.29, 1.82) is 0 Å². The average molecular weight is 358 g/mol. The van der Waals surface area contributed by atoms with Crippen molar-refractivity contribution in [3.63, 3.8) is 0 Å². The van der Waals surface area contributed by atoms with E-state index in [-0.39, 0.29) is 5.91 Å². The van der Waals surface area contributed by atoms with Crippen molar-refractivity contribution >= 4 is 28.9 Å². The molecule has 1 N–H and O–H groups in total. The van der Waals surface area contributed by atoms with E-state index in [2.05, 4.69) is 29.0 Å². The minimum atomic E-state index is -0.453. The zero-order valence-electron chi connectivity index (χ0n) is 14.2. The molecule has 7 heteroatoms. The highest BCUT2D eigenvalue weighted by Gasteiger charge is 2.48. The van der Waals surface area contributed by atoms with Crippen LogP contribution >= 0.6 is 11.8 Å². The minimum Gasteiger partial charge on any atom is -0.336 e. The number of carbonyl (C=O) groups excluding carboxylic acids is 2. The third-order valence-electron chi connectivity index (χ3n) is 4.36. The normalized spacial score (nSPS) is 22.5. The number of hydrogen-bond acceptors (Lipinski definition) is 5. The molecule has 0 aromatic heterocycles. The highest BCUT2D eigenvalue weighted by molar-refractivity contribution is 8.13. The van der Waals surface area contributed by atoms with Crippen molar-refractivity contribution in [2.75, 3.05) is 19.3 Å². The highest BCUT2D eigenvalue weighted by Crippen LogP contribution is 2.28. The van der Waals surface area contributed by atoms with Crippen LogP contribution in [-0.4, -0.2) is 58.5 Å². The van der Waals surface area contributed by atoms with E-state index in [1.165, 1.54) is 10.5 Å². The second-order valence-corrected chi connectivity index (χ2v) is 7.04. The first-order valence-corrected chi connectivity index (χ1v) is 9.30. The summed E-state index contributed by atoms with van der Waals surface area (Å²) in [5.74, 6) is 0.443. The molecule has 1 aromatic carbocycles. The van der Waals surface area contributed by atoms with Crippen LogP contribution in [0.4, 0.5) is 4.79 Å². The molecule has 0 spiro atoms. The fourth-order valence-electron chi connectivity index (χ4n) is 3.09. The van der Waals surface area contributed by atoms with Crippen LogP contribution in [0, 0.1) is 0 Å². The van der Waals surface area contributed by atoms with Crippen LogP contribution in [0.25, 0.3) is 0 Å². The van der Waals surface area contributed by atoms with Gasteiger partial charge in [0.05, 0.1) is 0 Å². The van der Waals surface area contributed by atoms with Crippen LogP contribution in [0.15, 0.2) is 48.0 Å². The van der Waals surface area contributed by atoms with Crippen molar-refractivity contribution in [2.45, 2.75) is 25.0 Å². The zero-order valence-corrected chi connectivity index (χ0v) is 15.0. The minimum absolute atomic E-state index is 0.272. The highest BCUT2D eigenvalue weighted by atomic mass is 32.2. The number of fused-ring (bicyclic) bond motifs is 1. The molecule has 3 rings (SSSR count). The van der Waals surface area contributed by atoms with Gasteiger partial charge >= 0.3 is 6.03 Å². The summed E-state index contributed by atoms with van der Waals surface area (Å²) in [6, 6.07) is 9.43. The molecule has 3 amide bonds. The number of rotatable bonds is 6. The van der Waals surface area contributed by atoms with Gasteiger partial charge in [-0.1, -0.05) is 48.2 Å². The average Bonchev–Trinajstić information content (AvgIpc) is 2.98. The summed E-state index contributed by atoms with van der Waals surface area (Å²) >= 11 is 1.55. The van der Waals surface area contributed by atoms with Gasteiger partial charge in [0, 0.05) is 19.3 Å². The van der Waals surface area contributed by atoms with E-state index >= 15 is 0 Å². The van der Waals surface area contributed by atoms with Gasteiger partial charge in [0.15, 0.2) is 17.4 Å². The molecule has 0 saturated carbocycles. The van der Waals surface area contributed by atoms with Gasteiger partial charge in [0.1, 0.15) is 0 Å². The lowest BCUT2D eigenvalue weighted by atomic mass is 10.1. The Morgan fingerprint density at radius 1 is 1.32 bits per heavy atom. The first-order chi connectivity index (χ1) is 12.1. The van der Waals surface area contributed by atoms with Crippen molar-refractivity contribution in [3.05, 3.63) is 48.6 Å². The number of amides is 3. The lowest BCUT2D eigenvalue weighted by Crippen LogP contribution is -2.63. The van der Waals surface area contributed by atoms with Gasteiger partial charge < -0.3 is 9.80 Å². The smallest absolute Gasteiger partial charge is 0.325 e.